The number of hydrogen-bond donors (Lipinski definition) is 1. The number of hydrogen-bond acceptors (Lipinski definition) is 2. The number of aromatic nitrogens is 1. The van der Waals surface area contributed by atoms with E-state index in [0.717, 1.165) is 0 Å². The average Bonchev–Trinajstić information content (AvgIpc) is 2.14. The highest BCUT2D eigenvalue weighted by molar-refractivity contribution is 5.91. The molecule has 3 nitrogen and oxygen atoms in total. The van der Waals surface area contributed by atoms with Gasteiger partial charge in [-0.1, -0.05) is 0 Å². The molecule has 1 aromatic rings. The predicted molar refractivity (Wildman–Crippen MR) is 41.1 cm³/mol. The number of aromatic carboxylic acids is 1. The van der Waals surface area contributed by atoms with Crippen molar-refractivity contribution in [2.45, 2.75) is 12.6 Å². The lowest BCUT2D eigenvalue weighted by Gasteiger charge is -2.13. The van der Waals surface area contributed by atoms with E-state index in [1.807, 2.05) is 0 Å². The maximum absolute atomic E-state index is 12.6. The number of halogens is 6. The fourth-order valence-corrected chi connectivity index (χ4v) is 1.14. The maximum Gasteiger partial charge on any atom is 0.417 e. The number of alkyl halides is 5. The summed E-state index contributed by atoms with van der Waals surface area (Å²) in [6.45, 7) is 0. The van der Waals surface area contributed by atoms with Crippen LogP contribution in [0.25, 0.3) is 0 Å². The van der Waals surface area contributed by atoms with E-state index in [-0.39, 0.29) is 6.07 Å². The van der Waals surface area contributed by atoms with E-state index >= 15 is 0 Å². The third kappa shape index (κ3) is 2.66. The molecule has 17 heavy (non-hydrogen) atoms. The van der Waals surface area contributed by atoms with Gasteiger partial charge in [-0.05, 0) is 0 Å². The van der Waals surface area contributed by atoms with E-state index in [0.29, 0.717) is 0 Å². The lowest BCUT2D eigenvalue weighted by Crippen LogP contribution is -2.18. The summed E-state index contributed by atoms with van der Waals surface area (Å²) >= 11 is 0. The zero-order valence-corrected chi connectivity index (χ0v) is 7.73. The molecule has 1 heterocycles. The first-order valence-electron chi connectivity index (χ1n) is 3.93. The van der Waals surface area contributed by atoms with E-state index < -0.39 is 41.3 Å². The number of carboxylic acid groups (broad SMARTS) is 1. The standard InChI is InChI=1S/C8H3F6NO2/c9-3-1-2(8(12,13)14)4(7(16)17)5(15-3)6(10)11/h1,6H,(H,16,17). The average molecular weight is 259 g/mol. The first-order chi connectivity index (χ1) is 7.64. The fourth-order valence-electron chi connectivity index (χ4n) is 1.14. The van der Waals surface area contributed by atoms with Crippen LogP contribution in [0.2, 0.25) is 0 Å². The zero-order chi connectivity index (χ0) is 13.4. The van der Waals surface area contributed by atoms with E-state index in [1.165, 1.54) is 0 Å². The van der Waals surface area contributed by atoms with E-state index in [1.54, 1.807) is 0 Å². The van der Waals surface area contributed by atoms with E-state index in [9.17, 15) is 31.1 Å². The fraction of sp³-hybridized carbons (Fsp3) is 0.250. The molecule has 1 N–H and O–H groups in total. The highest BCUT2D eigenvalue weighted by Gasteiger charge is 2.39. The molecule has 0 fully saturated rings. The van der Waals surface area contributed by atoms with Crippen molar-refractivity contribution in [3.05, 3.63) is 28.8 Å². The molecular formula is C8H3F6NO2. The Morgan fingerprint density at radius 2 is 1.88 bits per heavy atom. The monoisotopic (exact) mass is 259 g/mol. The molecule has 0 spiro atoms. The van der Waals surface area contributed by atoms with Crippen LogP contribution in [0.5, 0.6) is 0 Å². The SMILES string of the molecule is O=C(O)c1c(C(F)(F)F)cc(F)nc1C(F)F. The van der Waals surface area contributed by atoms with Crippen LogP contribution in [0.3, 0.4) is 0 Å². The summed E-state index contributed by atoms with van der Waals surface area (Å²) in [5, 5.41) is 8.45. The molecule has 94 valence electrons. The molecule has 0 bridgehead atoms. The van der Waals surface area contributed by atoms with Crippen molar-refractivity contribution in [2.24, 2.45) is 0 Å². The van der Waals surface area contributed by atoms with Gasteiger partial charge in [-0.15, -0.1) is 0 Å². The van der Waals surface area contributed by atoms with Crippen LogP contribution in [0.4, 0.5) is 26.3 Å². The summed E-state index contributed by atoms with van der Waals surface area (Å²) in [7, 11) is 0. The van der Waals surface area contributed by atoms with Crippen LogP contribution in [0, 0.1) is 5.95 Å². The zero-order valence-electron chi connectivity index (χ0n) is 7.73. The minimum absolute atomic E-state index is 0.241. The predicted octanol–water partition coefficient (Wildman–Crippen LogP) is 2.88. The van der Waals surface area contributed by atoms with Crippen molar-refractivity contribution in [3.8, 4) is 0 Å². The molecule has 0 aliphatic heterocycles. The van der Waals surface area contributed by atoms with Crippen LogP contribution < -0.4 is 0 Å². The Labute approximate surface area is 89.7 Å². The number of carbonyl (C=O) groups is 1. The minimum Gasteiger partial charge on any atom is -0.478 e. The first kappa shape index (κ1) is 13.3. The molecule has 0 aliphatic carbocycles. The molecule has 1 aromatic heterocycles. The van der Waals surface area contributed by atoms with Crippen LogP contribution in [-0.2, 0) is 6.18 Å². The van der Waals surface area contributed by atoms with Crippen LogP contribution in [-0.4, -0.2) is 16.1 Å². The van der Waals surface area contributed by atoms with Gasteiger partial charge in [0, 0.05) is 6.07 Å². The van der Waals surface area contributed by atoms with Gasteiger partial charge in [-0.3, -0.25) is 0 Å². The first-order valence-corrected chi connectivity index (χ1v) is 3.93. The summed E-state index contributed by atoms with van der Waals surface area (Å²) in [6, 6.07) is -0.241. The van der Waals surface area contributed by atoms with Crippen molar-refractivity contribution in [3.63, 3.8) is 0 Å². The summed E-state index contributed by atoms with van der Waals surface area (Å²) < 4.78 is 74.2. The topological polar surface area (TPSA) is 50.2 Å². The van der Waals surface area contributed by atoms with Crippen LogP contribution >= 0.6 is 0 Å². The quantitative estimate of drug-likeness (QED) is 0.656. The third-order valence-electron chi connectivity index (χ3n) is 1.74. The highest BCUT2D eigenvalue weighted by atomic mass is 19.4. The van der Waals surface area contributed by atoms with Crippen molar-refractivity contribution in [2.75, 3.05) is 0 Å². The van der Waals surface area contributed by atoms with Gasteiger partial charge in [0.1, 0.15) is 5.69 Å². The van der Waals surface area contributed by atoms with Crippen LogP contribution in [0.15, 0.2) is 6.07 Å². The summed E-state index contributed by atoms with van der Waals surface area (Å²) in [4.78, 5) is 13.0. The number of nitrogens with zero attached hydrogens (tertiary/aromatic N) is 1. The summed E-state index contributed by atoms with van der Waals surface area (Å²) in [5.41, 5.74) is -5.48. The number of rotatable bonds is 2. The second-order valence-electron chi connectivity index (χ2n) is 2.86. The van der Waals surface area contributed by atoms with Gasteiger partial charge in [-0.25, -0.2) is 18.6 Å². The Kier molecular flexibility index (Phi) is 3.30. The van der Waals surface area contributed by atoms with Gasteiger partial charge in [0.15, 0.2) is 0 Å². The molecular weight excluding hydrogens is 256 g/mol. The van der Waals surface area contributed by atoms with Crippen molar-refractivity contribution in [1.82, 2.24) is 4.98 Å². The number of pyridine rings is 1. The molecule has 0 radical (unpaired) electrons. The Hall–Kier alpha value is -1.80. The Morgan fingerprint density at radius 3 is 2.24 bits per heavy atom. The smallest absolute Gasteiger partial charge is 0.417 e. The van der Waals surface area contributed by atoms with Crippen molar-refractivity contribution < 1.29 is 36.2 Å². The summed E-state index contributed by atoms with van der Waals surface area (Å²) in [6.07, 6.45) is -8.89. The second kappa shape index (κ2) is 4.22. The van der Waals surface area contributed by atoms with Gasteiger partial charge in [0.25, 0.3) is 6.43 Å². The largest absolute Gasteiger partial charge is 0.478 e. The molecule has 0 atom stereocenters. The lowest BCUT2D eigenvalue weighted by molar-refractivity contribution is -0.138. The van der Waals surface area contributed by atoms with Crippen molar-refractivity contribution in [1.29, 1.82) is 0 Å². The molecule has 1 rings (SSSR count). The van der Waals surface area contributed by atoms with Gasteiger partial charge >= 0.3 is 12.1 Å². The molecule has 0 saturated heterocycles. The minimum atomic E-state index is -5.26. The third-order valence-corrected chi connectivity index (χ3v) is 1.74. The Bertz CT molecular complexity index is 456. The summed E-state index contributed by atoms with van der Waals surface area (Å²) in [5.74, 6) is -4.07. The molecule has 0 aromatic carbocycles. The Balaban J connectivity index is 3.64. The van der Waals surface area contributed by atoms with E-state index in [2.05, 4.69) is 4.98 Å². The lowest BCUT2D eigenvalue weighted by atomic mass is 10.1. The maximum atomic E-state index is 12.6. The van der Waals surface area contributed by atoms with Gasteiger partial charge in [0.05, 0.1) is 11.1 Å². The normalized spacial score (nSPS) is 11.9. The molecule has 0 amide bonds. The van der Waals surface area contributed by atoms with Crippen molar-refractivity contribution >= 4 is 5.97 Å². The van der Waals surface area contributed by atoms with Gasteiger partial charge < -0.3 is 5.11 Å². The molecule has 0 aliphatic rings. The Morgan fingerprint density at radius 1 is 1.35 bits per heavy atom. The molecule has 9 heteroatoms. The van der Waals surface area contributed by atoms with Gasteiger partial charge in [-0.2, -0.15) is 17.6 Å². The van der Waals surface area contributed by atoms with E-state index in [4.69, 9.17) is 5.11 Å². The molecule has 0 saturated carbocycles. The highest BCUT2D eigenvalue weighted by Crippen LogP contribution is 2.35. The molecule has 0 unspecified atom stereocenters. The van der Waals surface area contributed by atoms with Crippen LogP contribution in [0.1, 0.15) is 28.0 Å². The number of carboxylic acids is 1. The second-order valence-corrected chi connectivity index (χ2v) is 2.86. The van der Waals surface area contributed by atoms with Gasteiger partial charge in [0.2, 0.25) is 5.95 Å².